The summed E-state index contributed by atoms with van der Waals surface area (Å²) >= 11 is 0. The molecule has 0 aliphatic heterocycles. The summed E-state index contributed by atoms with van der Waals surface area (Å²) in [7, 11) is 0. The van der Waals surface area contributed by atoms with Crippen molar-refractivity contribution in [2.75, 3.05) is 13.2 Å². The second kappa shape index (κ2) is 25.1. The normalized spacial score (nSPS) is 18.2. The Bertz CT molecular complexity index is 845. The second-order valence-corrected chi connectivity index (χ2v) is 12.4. The zero-order valence-corrected chi connectivity index (χ0v) is 27.2. The van der Waals surface area contributed by atoms with Crippen LogP contribution in [0.25, 0.3) is 0 Å². The van der Waals surface area contributed by atoms with Crippen LogP contribution in [0.5, 0.6) is 0 Å². The van der Waals surface area contributed by atoms with Gasteiger partial charge in [-0.05, 0) is 50.0 Å². The van der Waals surface area contributed by atoms with Crippen molar-refractivity contribution in [3.05, 3.63) is 36.5 Å². The maximum atomic E-state index is 12.2. The van der Waals surface area contributed by atoms with E-state index in [1.54, 1.807) is 12.2 Å². The van der Waals surface area contributed by atoms with E-state index in [2.05, 4.69) is 20.8 Å². The molecule has 246 valence electrons. The SMILES string of the molecule is CCCCC[C@H](O)/C=C/[C@H]1C(=O)C=C[C@@H]1C/C=C\CCCC(=O)O[C@@H](CO)COC(=O)CCCCCCCCCC(C)C. The summed E-state index contributed by atoms with van der Waals surface area (Å²) in [5, 5.41) is 19.7. The minimum Gasteiger partial charge on any atom is -0.462 e. The molecular formula is C36H60O7. The van der Waals surface area contributed by atoms with Crippen LogP contribution in [0.3, 0.4) is 0 Å². The van der Waals surface area contributed by atoms with Gasteiger partial charge in [-0.3, -0.25) is 14.4 Å². The maximum Gasteiger partial charge on any atom is 0.306 e. The number of aliphatic hydroxyl groups excluding tert-OH is 2. The van der Waals surface area contributed by atoms with Gasteiger partial charge in [0.25, 0.3) is 0 Å². The van der Waals surface area contributed by atoms with E-state index in [0.29, 0.717) is 25.7 Å². The molecule has 0 unspecified atom stereocenters. The lowest BCUT2D eigenvalue weighted by atomic mass is 9.90. The van der Waals surface area contributed by atoms with Crippen molar-refractivity contribution in [3.8, 4) is 0 Å². The van der Waals surface area contributed by atoms with E-state index >= 15 is 0 Å². The number of esters is 2. The van der Waals surface area contributed by atoms with Gasteiger partial charge in [0.05, 0.1) is 12.7 Å². The van der Waals surface area contributed by atoms with Crippen LogP contribution in [0, 0.1) is 17.8 Å². The summed E-state index contributed by atoms with van der Waals surface area (Å²) in [6.07, 6.45) is 25.5. The number of hydrogen-bond acceptors (Lipinski definition) is 7. The van der Waals surface area contributed by atoms with E-state index in [1.165, 1.54) is 32.1 Å². The third-order valence-corrected chi connectivity index (χ3v) is 7.86. The summed E-state index contributed by atoms with van der Waals surface area (Å²) in [5.74, 6) is -0.0674. The van der Waals surface area contributed by atoms with Gasteiger partial charge in [0.2, 0.25) is 0 Å². The first-order valence-electron chi connectivity index (χ1n) is 17.0. The van der Waals surface area contributed by atoms with Gasteiger partial charge < -0.3 is 19.7 Å². The van der Waals surface area contributed by atoms with E-state index in [9.17, 15) is 24.6 Å². The van der Waals surface area contributed by atoms with Crippen LogP contribution in [0.15, 0.2) is 36.5 Å². The van der Waals surface area contributed by atoms with Gasteiger partial charge >= 0.3 is 11.9 Å². The number of hydrogen-bond donors (Lipinski definition) is 2. The number of carbonyl (C=O) groups excluding carboxylic acids is 3. The van der Waals surface area contributed by atoms with E-state index in [4.69, 9.17) is 9.47 Å². The van der Waals surface area contributed by atoms with E-state index in [1.807, 2.05) is 24.3 Å². The third-order valence-electron chi connectivity index (χ3n) is 7.86. The molecule has 1 aliphatic carbocycles. The Morgan fingerprint density at radius 3 is 2.28 bits per heavy atom. The lowest BCUT2D eigenvalue weighted by Gasteiger charge is -2.15. The molecule has 0 fully saturated rings. The molecule has 0 bridgehead atoms. The molecule has 7 nitrogen and oxygen atoms in total. The molecule has 0 aromatic heterocycles. The molecule has 1 aliphatic rings. The van der Waals surface area contributed by atoms with Crippen LogP contribution in [-0.2, 0) is 23.9 Å². The van der Waals surface area contributed by atoms with Gasteiger partial charge in [-0.2, -0.15) is 0 Å². The van der Waals surface area contributed by atoms with E-state index in [0.717, 1.165) is 50.9 Å². The average Bonchev–Trinajstić information content (AvgIpc) is 3.33. The van der Waals surface area contributed by atoms with Crippen LogP contribution in [-0.4, -0.2) is 53.4 Å². The Hall–Kier alpha value is -2.25. The monoisotopic (exact) mass is 604 g/mol. The number of rotatable bonds is 26. The fraction of sp³-hybridized carbons (Fsp3) is 0.750. The van der Waals surface area contributed by atoms with Gasteiger partial charge in [-0.15, -0.1) is 0 Å². The van der Waals surface area contributed by atoms with Crippen molar-refractivity contribution in [1.29, 1.82) is 0 Å². The fourth-order valence-corrected chi connectivity index (χ4v) is 5.14. The van der Waals surface area contributed by atoms with Crippen LogP contribution in [0.1, 0.15) is 130 Å². The van der Waals surface area contributed by atoms with E-state index in [-0.39, 0.29) is 36.6 Å². The fourth-order valence-electron chi connectivity index (χ4n) is 5.14. The Labute approximate surface area is 261 Å². The number of aliphatic hydroxyl groups is 2. The molecule has 2 N–H and O–H groups in total. The van der Waals surface area contributed by atoms with Crippen molar-refractivity contribution in [1.82, 2.24) is 0 Å². The quantitative estimate of drug-likeness (QED) is 0.0595. The largest absolute Gasteiger partial charge is 0.462 e. The van der Waals surface area contributed by atoms with Gasteiger partial charge in [0.1, 0.15) is 6.61 Å². The first-order valence-corrected chi connectivity index (χ1v) is 17.0. The number of unbranched alkanes of at least 4 members (excludes halogenated alkanes) is 9. The average molecular weight is 605 g/mol. The summed E-state index contributed by atoms with van der Waals surface area (Å²) in [6.45, 7) is 6.12. The molecule has 7 heteroatoms. The van der Waals surface area contributed by atoms with Crippen molar-refractivity contribution < 1.29 is 34.1 Å². The van der Waals surface area contributed by atoms with Crippen molar-refractivity contribution in [2.45, 2.75) is 142 Å². The summed E-state index contributed by atoms with van der Waals surface area (Å²) in [6, 6.07) is 0. The lowest BCUT2D eigenvalue weighted by Crippen LogP contribution is -2.28. The van der Waals surface area contributed by atoms with E-state index < -0.39 is 24.8 Å². The van der Waals surface area contributed by atoms with Gasteiger partial charge in [0, 0.05) is 18.8 Å². The van der Waals surface area contributed by atoms with Crippen LogP contribution in [0.4, 0.5) is 0 Å². The molecule has 0 radical (unpaired) electrons. The molecule has 0 aromatic rings. The first kappa shape index (κ1) is 38.8. The van der Waals surface area contributed by atoms with Crippen LogP contribution in [0.2, 0.25) is 0 Å². The zero-order valence-electron chi connectivity index (χ0n) is 27.2. The summed E-state index contributed by atoms with van der Waals surface area (Å²) in [4.78, 5) is 36.5. The molecule has 1 rings (SSSR count). The van der Waals surface area contributed by atoms with Gasteiger partial charge in [0.15, 0.2) is 11.9 Å². The smallest absolute Gasteiger partial charge is 0.306 e. The molecule has 0 saturated heterocycles. The minimum atomic E-state index is -0.848. The highest BCUT2D eigenvalue weighted by molar-refractivity contribution is 5.95. The predicted octanol–water partition coefficient (Wildman–Crippen LogP) is 7.59. The number of ether oxygens (including phenoxy) is 2. The minimum absolute atomic E-state index is 0.0699. The standard InChI is InChI=1S/C36H60O7/c1-4-5-13-20-31(38)24-25-33-30(23-26-34(33)39)19-15-11-12-17-22-36(41)43-32(27-37)28-42-35(40)21-16-10-8-6-7-9-14-18-29(2)3/h11,15,23-26,29-33,37-38H,4-10,12-14,16-22,27-28H2,1-3H3/b15-11-,25-24+/t30-,31-,32-,33+/m0/s1. The Kier molecular flexibility index (Phi) is 22.6. The topological polar surface area (TPSA) is 110 Å². The molecule has 43 heavy (non-hydrogen) atoms. The molecule has 0 heterocycles. The highest BCUT2D eigenvalue weighted by Gasteiger charge is 2.27. The lowest BCUT2D eigenvalue weighted by molar-refractivity contribution is -0.161. The molecule has 4 atom stereocenters. The summed E-state index contributed by atoms with van der Waals surface area (Å²) < 4.78 is 10.5. The van der Waals surface area contributed by atoms with Crippen molar-refractivity contribution in [2.24, 2.45) is 17.8 Å². The Morgan fingerprint density at radius 1 is 0.907 bits per heavy atom. The first-order chi connectivity index (χ1) is 20.8. The van der Waals surface area contributed by atoms with Crippen LogP contribution >= 0.6 is 0 Å². The van der Waals surface area contributed by atoms with Crippen molar-refractivity contribution >= 4 is 17.7 Å². The number of ketones is 1. The van der Waals surface area contributed by atoms with Gasteiger partial charge in [-0.25, -0.2) is 0 Å². The second-order valence-electron chi connectivity index (χ2n) is 12.4. The number of carbonyl (C=O) groups is 3. The molecule has 0 saturated carbocycles. The van der Waals surface area contributed by atoms with Gasteiger partial charge in [-0.1, -0.05) is 115 Å². The molecule has 0 spiro atoms. The van der Waals surface area contributed by atoms with Crippen LogP contribution < -0.4 is 0 Å². The Balaban J connectivity index is 2.16. The predicted molar refractivity (Wildman–Crippen MR) is 172 cm³/mol. The van der Waals surface area contributed by atoms with Crippen molar-refractivity contribution in [3.63, 3.8) is 0 Å². The molecule has 0 aromatic carbocycles. The number of allylic oxidation sites excluding steroid dienone is 5. The zero-order chi connectivity index (χ0) is 31.7. The Morgan fingerprint density at radius 2 is 1.58 bits per heavy atom. The molecule has 0 amide bonds. The maximum absolute atomic E-state index is 12.2. The third kappa shape index (κ3) is 20.4. The highest BCUT2D eigenvalue weighted by Crippen LogP contribution is 2.27. The summed E-state index contributed by atoms with van der Waals surface area (Å²) in [5.41, 5.74) is 0. The highest BCUT2D eigenvalue weighted by atomic mass is 16.6. The molecular weight excluding hydrogens is 544 g/mol.